The van der Waals surface area contributed by atoms with Gasteiger partial charge in [0.15, 0.2) is 6.04 Å². The van der Waals surface area contributed by atoms with E-state index < -0.39 is 11.9 Å². The molecular formula is C11H12N2O3. The minimum absolute atomic E-state index is 0.162. The monoisotopic (exact) mass is 220 g/mol. The Morgan fingerprint density at radius 2 is 2.44 bits per heavy atom. The van der Waals surface area contributed by atoms with Gasteiger partial charge in [-0.2, -0.15) is 0 Å². The fourth-order valence-corrected chi connectivity index (χ4v) is 1.52. The van der Waals surface area contributed by atoms with Gasteiger partial charge in [-0.1, -0.05) is 17.7 Å². The molecule has 5 nitrogen and oxygen atoms in total. The van der Waals surface area contributed by atoms with E-state index in [1.807, 2.05) is 31.2 Å². The number of amides is 1. The Morgan fingerprint density at radius 3 is 3.12 bits per heavy atom. The molecular weight excluding hydrogens is 208 g/mol. The molecule has 1 aromatic carbocycles. The SMILES string of the molecule is Cc1cccc(C2=NC(C(=O)NO)CO2)c1. The number of rotatable bonds is 2. The zero-order valence-corrected chi connectivity index (χ0v) is 8.80. The van der Waals surface area contributed by atoms with Crippen molar-refractivity contribution in [3.63, 3.8) is 0 Å². The summed E-state index contributed by atoms with van der Waals surface area (Å²) in [6, 6.07) is 7.00. The average Bonchev–Trinajstić information content (AvgIpc) is 2.77. The van der Waals surface area contributed by atoms with Gasteiger partial charge in [0, 0.05) is 5.56 Å². The maximum Gasteiger partial charge on any atom is 0.271 e. The van der Waals surface area contributed by atoms with Crippen LogP contribution in [0.4, 0.5) is 0 Å². The van der Waals surface area contributed by atoms with Crippen molar-refractivity contribution in [2.24, 2.45) is 4.99 Å². The van der Waals surface area contributed by atoms with Crippen molar-refractivity contribution in [3.05, 3.63) is 35.4 Å². The van der Waals surface area contributed by atoms with Crippen molar-refractivity contribution >= 4 is 11.8 Å². The van der Waals surface area contributed by atoms with Crippen molar-refractivity contribution in [1.29, 1.82) is 0 Å². The van der Waals surface area contributed by atoms with Crippen LogP contribution in [0.15, 0.2) is 29.3 Å². The molecule has 0 fully saturated rings. The smallest absolute Gasteiger partial charge is 0.271 e. The molecule has 0 aromatic heterocycles. The van der Waals surface area contributed by atoms with E-state index in [-0.39, 0.29) is 6.61 Å². The van der Waals surface area contributed by atoms with Crippen LogP contribution in [0.2, 0.25) is 0 Å². The van der Waals surface area contributed by atoms with Gasteiger partial charge in [-0.3, -0.25) is 10.0 Å². The van der Waals surface area contributed by atoms with E-state index >= 15 is 0 Å². The number of aliphatic imine (C=N–C) groups is 1. The summed E-state index contributed by atoms with van der Waals surface area (Å²) >= 11 is 0. The number of carbonyl (C=O) groups is 1. The van der Waals surface area contributed by atoms with Gasteiger partial charge >= 0.3 is 0 Å². The number of nitrogens with one attached hydrogen (secondary N) is 1. The molecule has 2 N–H and O–H groups in total. The highest BCUT2D eigenvalue weighted by Crippen LogP contribution is 2.13. The van der Waals surface area contributed by atoms with Gasteiger partial charge in [-0.15, -0.1) is 0 Å². The lowest BCUT2D eigenvalue weighted by atomic mass is 10.1. The standard InChI is InChI=1S/C11H12N2O3/c1-7-3-2-4-8(5-7)11-12-9(6-16-11)10(14)13-15/h2-5,9,15H,6H2,1H3,(H,13,14). The minimum atomic E-state index is -0.666. The van der Waals surface area contributed by atoms with Gasteiger partial charge in [0.05, 0.1) is 0 Å². The Hall–Kier alpha value is -1.88. The highest BCUT2D eigenvalue weighted by Gasteiger charge is 2.26. The molecule has 1 aliphatic heterocycles. The quantitative estimate of drug-likeness (QED) is 0.567. The summed E-state index contributed by atoms with van der Waals surface area (Å²) in [6.45, 7) is 2.13. The summed E-state index contributed by atoms with van der Waals surface area (Å²) in [5, 5.41) is 8.47. The van der Waals surface area contributed by atoms with Crippen LogP contribution in [0.25, 0.3) is 0 Å². The topological polar surface area (TPSA) is 70.9 Å². The largest absolute Gasteiger partial charge is 0.475 e. The van der Waals surface area contributed by atoms with Crippen LogP contribution in [-0.4, -0.2) is 29.7 Å². The molecule has 0 saturated heterocycles. The molecule has 1 unspecified atom stereocenters. The van der Waals surface area contributed by atoms with E-state index in [1.54, 1.807) is 5.48 Å². The third-order valence-electron chi connectivity index (χ3n) is 2.33. The first-order valence-corrected chi connectivity index (χ1v) is 4.92. The van der Waals surface area contributed by atoms with Crippen LogP contribution >= 0.6 is 0 Å². The summed E-state index contributed by atoms with van der Waals surface area (Å²) in [7, 11) is 0. The lowest BCUT2D eigenvalue weighted by molar-refractivity contribution is -0.130. The van der Waals surface area contributed by atoms with E-state index in [0.717, 1.165) is 11.1 Å². The summed E-state index contributed by atoms with van der Waals surface area (Å²) in [5.74, 6) is -0.111. The zero-order chi connectivity index (χ0) is 11.5. The van der Waals surface area contributed by atoms with E-state index in [2.05, 4.69) is 4.99 Å². The maximum absolute atomic E-state index is 11.1. The summed E-state index contributed by atoms with van der Waals surface area (Å²) in [5.41, 5.74) is 3.50. The number of nitrogens with zero attached hydrogens (tertiary/aromatic N) is 1. The van der Waals surface area contributed by atoms with Crippen molar-refractivity contribution < 1.29 is 14.7 Å². The highest BCUT2D eigenvalue weighted by atomic mass is 16.5. The third-order valence-corrected chi connectivity index (χ3v) is 2.33. The van der Waals surface area contributed by atoms with Crippen molar-refractivity contribution in [2.75, 3.05) is 6.61 Å². The third kappa shape index (κ3) is 2.04. The molecule has 0 spiro atoms. The van der Waals surface area contributed by atoms with Crippen molar-refractivity contribution in [3.8, 4) is 0 Å². The van der Waals surface area contributed by atoms with Crippen molar-refractivity contribution in [2.45, 2.75) is 13.0 Å². The Kier molecular flexibility index (Phi) is 2.87. The Morgan fingerprint density at radius 1 is 1.62 bits per heavy atom. The second kappa shape index (κ2) is 4.32. The van der Waals surface area contributed by atoms with Gasteiger partial charge in [0.1, 0.15) is 6.61 Å². The Balaban J connectivity index is 2.21. The van der Waals surface area contributed by atoms with Crippen LogP contribution in [0.3, 0.4) is 0 Å². The van der Waals surface area contributed by atoms with E-state index in [9.17, 15) is 4.79 Å². The van der Waals surface area contributed by atoms with Crippen molar-refractivity contribution in [1.82, 2.24) is 5.48 Å². The first-order chi connectivity index (χ1) is 7.70. The lowest BCUT2D eigenvalue weighted by Gasteiger charge is -2.01. The van der Waals surface area contributed by atoms with E-state index in [0.29, 0.717) is 5.90 Å². The number of hydrogen-bond acceptors (Lipinski definition) is 4. The molecule has 1 atom stereocenters. The van der Waals surface area contributed by atoms with Gasteiger partial charge in [-0.25, -0.2) is 10.5 Å². The van der Waals surface area contributed by atoms with Crippen LogP contribution in [0.5, 0.6) is 0 Å². The molecule has 84 valence electrons. The molecule has 1 aliphatic rings. The fraction of sp³-hybridized carbons (Fsp3) is 0.273. The highest BCUT2D eigenvalue weighted by molar-refractivity contribution is 5.98. The molecule has 0 bridgehead atoms. The maximum atomic E-state index is 11.1. The zero-order valence-electron chi connectivity index (χ0n) is 8.80. The Labute approximate surface area is 92.7 Å². The van der Waals surface area contributed by atoms with Gasteiger partial charge < -0.3 is 4.74 Å². The van der Waals surface area contributed by atoms with E-state index in [1.165, 1.54) is 0 Å². The van der Waals surface area contributed by atoms with E-state index in [4.69, 9.17) is 9.94 Å². The minimum Gasteiger partial charge on any atom is -0.475 e. The summed E-state index contributed by atoms with van der Waals surface area (Å²) in [6.07, 6.45) is 0. The van der Waals surface area contributed by atoms with Crippen LogP contribution in [0.1, 0.15) is 11.1 Å². The molecule has 0 aliphatic carbocycles. The number of hydrogen-bond donors (Lipinski definition) is 2. The van der Waals surface area contributed by atoms with Gasteiger partial charge in [0.25, 0.3) is 5.91 Å². The predicted molar refractivity (Wildman–Crippen MR) is 57.4 cm³/mol. The van der Waals surface area contributed by atoms with Crippen LogP contribution < -0.4 is 5.48 Å². The summed E-state index contributed by atoms with van der Waals surface area (Å²) in [4.78, 5) is 15.2. The number of aryl methyl sites for hydroxylation is 1. The molecule has 5 heteroatoms. The van der Waals surface area contributed by atoms with Gasteiger partial charge in [0.2, 0.25) is 5.90 Å². The molecule has 1 heterocycles. The first kappa shape index (κ1) is 10.6. The second-order valence-electron chi connectivity index (χ2n) is 3.61. The molecule has 2 rings (SSSR count). The lowest BCUT2D eigenvalue weighted by Crippen LogP contribution is -2.31. The predicted octanol–water partition coefficient (Wildman–Crippen LogP) is 0.646. The molecule has 0 radical (unpaired) electrons. The summed E-state index contributed by atoms with van der Waals surface area (Å²) < 4.78 is 5.31. The van der Waals surface area contributed by atoms with Gasteiger partial charge in [-0.05, 0) is 19.1 Å². The Bertz CT molecular complexity index is 443. The number of ether oxygens (including phenoxy) is 1. The van der Waals surface area contributed by atoms with Crippen LogP contribution in [-0.2, 0) is 9.53 Å². The molecule has 1 aromatic rings. The molecule has 0 saturated carbocycles. The fourth-order valence-electron chi connectivity index (χ4n) is 1.52. The number of benzene rings is 1. The molecule has 1 amide bonds. The normalized spacial score (nSPS) is 18.9. The molecule has 16 heavy (non-hydrogen) atoms. The second-order valence-corrected chi connectivity index (χ2v) is 3.61. The number of carbonyl (C=O) groups excluding carboxylic acids is 1. The first-order valence-electron chi connectivity index (χ1n) is 4.92. The number of hydroxylamine groups is 1. The van der Waals surface area contributed by atoms with Crippen LogP contribution in [0, 0.1) is 6.92 Å². The average molecular weight is 220 g/mol.